The molecule has 0 amide bonds. The van der Waals surface area contributed by atoms with Gasteiger partial charge < -0.3 is 10.3 Å². The lowest BCUT2D eigenvalue weighted by Gasteiger charge is -2.06. The van der Waals surface area contributed by atoms with Crippen LogP contribution < -0.4 is 5.73 Å². The molecule has 1 aromatic carbocycles. The minimum absolute atomic E-state index is 0. The molecular weight excluding hydrogens is 220 g/mol. The maximum absolute atomic E-state index is 5.83. The van der Waals surface area contributed by atoms with Crippen LogP contribution in [0.4, 0.5) is 0 Å². The van der Waals surface area contributed by atoms with Gasteiger partial charge in [-0.2, -0.15) is 0 Å². The van der Waals surface area contributed by atoms with Crippen LogP contribution in [-0.2, 0) is 13.5 Å². The highest BCUT2D eigenvalue weighted by atomic mass is 35.5. The first kappa shape index (κ1) is 13.1. The number of halogens is 1. The highest BCUT2D eigenvalue weighted by molar-refractivity contribution is 5.85. The van der Waals surface area contributed by atoms with Crippen molar-refractivity contribution in [3.05, 3.63) is 35.5 Å². The minimum Gasteiger partial charge on any atom is -0.348 e. The number of fused-ring (bicyclic) bond motifs is 1. The lowest BCUT2D eigenvalue weighted by atomic mass is 10.1. The smallest absolute Gasteiger partial charge is 0.0480 e. The van der Waals surface area contributed by atoms with E-state index in [1.807, 2.05) is 6.92 Å². The van der Waals surface area contributed by atoms with Gasteiger partial charge in [0.2, 0.25) is 0 Å². The molecule has 1 aromatic heterocycles. The van der Waals surface area contributed by atoms with Gasteiger partial charge in [-0.1, -0.05) is 11.6 Å². The zero-order valence-electron chi connectivity index (χ0n) is 10.0. The third-order valence-corrected chi connectivity index (χ3v) is 2.83. The van der Waals surface area contributed by atoms with E-state index in [0.717, 1.165) is 6.42 Å². The van der Waals surface area contributed by atoms with E-state index in [9.17, 15) is 0 Å². The highest BCUT2D eigenvalue weighted by Crippen LogP contribution is 2.20. The standard InChI is InChI=1S/C13H18N2.ClH/c1-9-4-5-13-11(6-9)8-12(15(13)3)7-10(2)14;/h4-6,8,10H,7,14H2,1-3H3;1H. The van der Waals surface area contributed by atoms with Crippen LogP contribution in [0, 0.1) is 6.92 Å². The van der Waals surface area contributed by atoms with E-state index in [1.165, 1.54) is 22.2 Å². The Morgan fingerprint density at radius 2 is 2.00 bits per heavy atom. The molecule has 0 aliphatic heterocycles. The monoisotopic (exact) mass is 238 g/mol. The number of hydrogen-bond donors (Lipinski definition) is 1. The molecule has 2 nitrogen and oxygen atoms in total. The van der Waals surface area contributed by atoms with E-state index < -0.39 is 0 Å². The van der Waals surface area contributed by atoms with Crippen molar-refractivity contribution in [2.45, 2.75) is 26.3 Å². The number of rotatable bonds is 2. The summed E-state index contributed by atoms with van der Waals surface area (Å²) in [5, 5.41) is 1.31. The van der Waals surface area contributed by atoms with E-state index in [-0.39, 0.29) is 18.4 Å². The predicted octanol–water partition coefficient (Wildman–Crippen LogP) is 2.80. The molecule has 0 radical (unpaired) electrons. The van der Waals surface area contributed by atoms with Gasteiger partial charge in [0.05, 0.1) is 0 Å². The summed E-state index contributed by atoms with van der Waals surface area (Å²) in [4.78, 5) is 0. The van der Waals surface area contributed by atoms with Crippen LogP contribution in [0.15, 0.2) is 24.3 Å². The molecule has 1 atom stereocenters. The van der Waals surface area contributed by atoms with Crippen LogP contribution in [0.25, 0.3) is 10.9 Å². The molecule has 0 fully saturated rings. The Labute approximate surface area is 103 Å². The summed E-state index contributed by atoms with van der Waals surface area (Å²) in [5.74, 6) is 0. The van der Waals surface area contributed by atoms with Crippen LogP contribution in [0.2, 0.25) is 0 Å². The summed E-state index contributed by atoms with van der Waals surface area (Å²) >= 11 is 0. The summed E-state index contributed by atoms with van der Waals surface area (Å²) in [6, 6.07) is 9.01. The van der Waals surface area contributed by atoms with Crippen molar-refractivity contribution in [2.24, 2.45) is 12.8 Å². The van der Waals surface area contributed by atoms with Crippen molar-refractivity contribution in [3.8, 4) is 0 Å². The van der Waals surface area contributed by atoms with E-state index in [1.54, 1.807) is 0 Å². The van der Waals surface area contributed by atoms with Crippen LogP contribution in [0.3, 0.4) is 0 Å². The molecule has 2 N–H and O–H groups in total. The SMILES string of the molecule is Cc1ccc2c(c1)cc(CC(C)N)n2C.Cl. The van der Waals surface area contributed by atoms with E-state index in [2.05, 4.69) is 42.8 Å². The number of benzene rings is 1. The quantitative estimate of drug-likeness (QED) is 0.857. The average Bonchev–Trinajstić information content (AvgIpc) is 2.42. The third kappa shape index (κ3) is 2.39. The molecule has 0 spiro atoms. The first-order valence-electron chi connectivity index (χ1n) is 5.38. The van der Waals surface area contributed by atoms with Crippen molar-refractivity contribution in [1.29, 1.82) is 0 Å². The Morgan fingerprint density at radius 1 is 1.31 bits per heavy atom. The molecule has 2 aromatic rings. The topological polar surface area (TPSA) is 30.9 Å². The molecule has 2 rings (SSSR count). The first-order chi connectivity index (χ1) is 7.08. The zero-order valence-corrected chi connectivity index (χ0v) is 10.8. The lowest BCUT2D eigenvalue weighted by Crippen LogP contribution is -2.19. The number of aryl methyl sites for hydroxylation is 2. The van der Waals surface area contributed by atoms with Crippen molar-refractivity contribution in [3.63, 3.8) is 0 Å². The Hall–Kier alpha value is -0.990. The van der Waals surface area contributed by atoms with Crippen molar-refractivity contribution in [1.82, 2.24) is 4.57 Å². The van der Waals surface area contributed by atoms with E-state index >= 15 is 0 Å². The number of hydrogen-bond acceptors (Lipinski definition) is 1. The summed E-state index contributed by atoms with van der Waals surface area (Å²) in [5.41, 5.74) is 9.74. The normalized spacial score (nSPS) is 12.5. The number of aromatic nitrogens is 1. The predicted molar refractivity (Wildman–Crippen MR) is 72.3 cm³/mol. The molecule has 1 unspecified atom stereocenters. The highest BCUT2D eigenvalue weighted by Gasteiger charge is 2.07. The van der Waals surface area contributed by atoms with Gasteiger partial charge in [-0.15, -0.1) is 12.4 Å². The molecule has 88 valence electrons. The molecule has 0 saturated heterocycles. The van der Waals surface area contributed by atoms with Crippen LogP contribution in [0.1, 0.15) is 18.2 Å². The van der Waals surface area contributed by atoms with Gasteiger partial charge in [0.15, 0.2) is 0 Å². The number of nitrogens with zero attached hydrogens (tertiary/aromatic N) is 1. The van der Waals surface area contributed by atoms with Gasteiger partial charge in [0.1, 0.15) is 0 Å². The first-order valence-corrected chi connectivity index (χ1v) is 5.38. The number of nitrogens with two attached hydrogens (primary N) is 1. The van der Waals surface area contributed by atoms with Crippen LogP contribution >= 0.6 is 12.4 Å². The second-order valence-electron chi connectivity index (χ2n) is 4.44. The zero-order chi connectivity index (χ0) is 11.0. The van der Waals surface area contributed by atoms with E-state index in [0.29, 0.717) is 0 Å². The molecular formula is C13H19ClN2. The largest absolute Gasteiger partial charge is 0.348 e. The Bertz CT molecular complexity index is 486. The maximum Gasteiger partial charge on any atom is 0.0480 e. The fourth-order valence-electron chi connectivity index (χ4n) is 2.05. The molecule has 3 heteroatoms. The summed E-state index contributed by atoms with van der Waals surface area (Å²) < 4.78 is 2.23. The molecule has 0 saturated carbocycles. The summed E-state index contributed by atoms with van der Waals surface area (Å²) in [6.07, 6.45) is 0.935. The van der Waals surface area contributed by atoms with Crippen molar-refractivity contribution >= 4 is 23.3 Å². The van der Waals surface area contributed by atoms with Gasteiger partial charge in [0, 0.05) is 36.1 Å². The summed E-state index contributed by atoms with van der Waals surface area (Å²) in [7, 11) is 2.11. The Kier molecular flexibility index (Phi) is 4.00. The minimum atomic E-state index is 0. The van der Waals surface area contributed by atoms with Gasteiger partial charge in [0.25, 0.3) is 0 Å². The fourth-order valence-corrected chi connectivity index (χ4v) is 2.05. The fraction of sp³-hybridized carbons (Fsp3) is 0.385. The van der Waals surface area contributed by atoms with Crippen molar-refractivity contribution in [2.75, 3.05) is 0 Å². The third-order valence-electron chi connectivity index (χ3n) is 2.83. The maximum atomic E-state index is 5.83. The van der Waals surface area contributed by atoms with E-state index in [4.69, 9.17) is 5.73 Å². The lowest BCUT2D eigenvalue weighted by molar-refractivity contribution is 0.696. The molecule has 0 aliphatic carbocycles. The van der Waals surface area contributed by atoms with Gasteiger partial charge in [-0.05, 0) is 32.0 Å². The second-order valence-corrected chi connectivity index (χ2v) is 4.44. The summed E-state index contributed by atoms with van der Waals surface area (Å²) in [6.45, 7) is 4.17. The molecule has 0 aliphatic rings. The average molecular weight is 239 g/mol. The van der Waals surface area contributed by atoms with Gasteiger partial charge in [-0.25, -0.2) is 0 Å². The molecule has 0 bridgehead atoms. The van der Waals surface area contributed by atoms with Gasteiger partial charge >= 0.3 is 0 Å². The van der Waals surface area contributed by atoms with Crippen LogP contribution in [-0.4, -0.2) is 10.6 Å². The molecule has 1 heterocycles. The van der Waals surface area contributed by atoms with Gasteiger partial charge in [-0.3, -0.25) is 0 Å². The molecule has 16 heavy (non-hydrogen) atoms. The van der Waals surface area contributed by atoms with Crippen molar-refractivity contribution < 1.29 is 0 Å². The second kappa shape index (κ2) is 4.89. The Morgan fingerprint density at radius 3 is 2.62 bits per heavy atom. The van der Waals surface area contributed by atoms with Crippen LogP contribution in [0.5, 0.6) is 0 Å². The Balaban J connectivity index is 0.00000128.